The van der Waals surface area contributed by atoms with E-state index in [0.717, 1.165) is 12.8 Å². The van der Waals surface area contributed by atoms with Crippen molar-refractivity contribution < 1.29 is 19.5 Å². The number of nitrogens with zero attached hydrogens (tertiary/aromatic N) is 1. The number of carboxylic acid groups (broad SMARTS) is 1. The third-order valence-corrected chi connectivity index (χ3v) is 4.26. The number of carbonyl (C=O) groups is 3. The molecule has 0 saturated carbocycles. The first-order valence-electron chi connectivity index (χ1n) is 7.58. The summed E-state index contributed by atoms with van der Waals surface area (Å²) in [7, 11) is 0. The van der Waals surface area contributed by atoms with Crippen molar-refractivity contribution in [3.05, 3.63) is 0 Å². The Balaban J connectivity index is 1.68. The molecule has 2 fully saturated rings. The standard InChI is InChI=1S/C14H23N3O4/c18-12-3-2-11(9-15-12)16-14(21)17-7-5-10(6-8-17)1-4-13(19)20/h10-11H,1-9H2,(H,15,18)(H,16,21)(H,19,20). The van der Waals surface area contributed by atoms with Crippen LogP contribution < -0.4 is 10.6 Å². The quantitative estimate of drug-likeness (QED) is 0.705. The second-order valence-corrected chi connectivity index (χ2v) is 5.85. The molecule has 3 N–H and O–H groups in total. The fourth-order valence-corrected chi connectivity index (χ4v) is 2.87. The highest BCUT2D eigenvalue weighted by molar-refractivity contribution is 5.78. The summed E-state index contributed by atoms with van der Waals surface area (Å²) in [5.74, 6) is -0.312. The molecular formula is C14H23N3O4. The Morgan fingerprint density at radius 2 is 2.00 bits per heavy atom. The highest BCUT2D eigenvalue weighted by Crippen LogP contribution is 2.22. The van der Waals surface area contributed by atoms with Gasteiger partial charge in [0.1, 0.15) is 0 Å². The fourth-order valence-electron chi connectivity index (χ4n) is 2.87. The van der Waals surface area contributed by atoms with Crippen LogP contribution in [-0.2, 0) is 9.59 Å². The van der Waals surface area contributed by atoms with Crippen molar-refractivity contribution in [1.82, 2.24) is 15.5 Å². The number of carbonyl (C=O) groups excluding carboxylic acids is 2. The molecule has 2 aliphatic rings. The molecule has 0 aromatic heterocycles. The van der Waals surface area contributed by atoms with Crippen LogP contribution in [0.25, 0.3) is 0 Å². The first-order valence-corrected chi connectivity index (χ1v) is 7.58. The summed E-state index contributed by atoms with van der Waals surface area (Å²) >= 11 is 0. The average molecular weight is 297 g/mol. The van der Waals surface area contributed by atoms with Gasteiger partial charge in [0.05, 0.1) is 0 Å². The number of piperidine rings is 2. The average Bonchev–Trinajstić information content (AvgIpc) is 2.48. The lowest BCUT2D eigenvalue weighted by molar-refractivity contribution is -0.137. The van der Waals surface area contributed by atoms with E-state index in [1.165, 1.54) is 0 Å². The van der Waals surface area contributed by atoms with E-state index >= 15 is 0 Å². The molecule has 1 unspecified atom stereocenters. The van der Waals surface area contributed by atoms with Gasteiger partial charge in [0.2, 0.25) is 5.91 Å². The van der Waals surface area contributed by atoms with Crippen LogP contribution in [-0.4, -0.2) is 53.6 Å². The number of nitrogens with one attached hydrogen (secondary N) is 2. The number of urea groups is 1. The maximum atomic E-state index is 12.1. The molecule has 21 heavy (non-hydrogen) atoms. The van der Waals surface area contributed by atoms with Gasteiger partial charge in [-0.3, -0.25) is 9.59 Å². The van der Waals surface area contributed by atoms with Gasteiger partial charge in [-0.1, -0.05) is 0 Å². The number of carboxylic acids is 1. The van der Waals surface area contributed by atoms with Gasteiger partial charge in [0, 0.05) is 38.5 Å². The van der Waals surface area contributed by atoms with Crippen LogP contribution in [0.5, 0.6) is 0 Å². The molecule has 2 rings (SSSR count). The van der Waals surface area contributed by atoms with Gasteiger partial charge in [0.15, 0.2) is 0 Å². The first kappa shape index (κ1) is 15.6. The van der Waals surface area contributed by atoms with Gasteiger partial charge < -0.3 is 20.6 Å². The van der Waals surface area contributed by atoms with Crippen LogP contribution in [0.2, 0.25) is 0 Å². The van der Waals surface area contributed by atoms with Crippen molar-refractivity contribution >= 4 is 17.9 Å². The third-order valence-electron chi connectivity index (χ3n) is 4.26. The zero-order valence-corrected chi connectivity index (χ0v) is 12.1. The topological polar surface area (TPSA) is 98.7 Å². The number of amides is 3. The molecule has 2 saturated heterocycles. The van der Waals surface area contributed by atoms with E-state index < -0.39 is 5.97 Å². The molecule has 0 aromatic carbocycles. The Bertz CT molecular complexity index is 395. The van der Waals surface area contributed by atoms with Gasteiger partial charge in [-0.05, 0) is 31.6 Å². The van der Waals surface area contributed by atoms with Gasteiger partial charge in [0.25, 0.3) is 0 Å². The molecule has 3 amide bonds. The lowest BCUT2D eigenvalue weighted by Crippen LogP contribution is -2.53. The van der Waals surface area contributed by atoms with E-state index in [1.807, 2.05) is 0 Å². The Morgan fingerprint density at radius 3 is 2.57 bits per heavy atom. The molecule has 7 nitrogen and oxygen atoms in total. The SMILES string of the molecule is O=C(O)CCC1CCN(C(=O)NC2CCC(=O)NC2)CC1. The summed E-state index contributed by atoms with van der Waals surface area (Å²) in [6.45, 7) is 1.85. The van der Waals surface area contributed by atoms with Crippen LogP contribution >= 0.6 is 0 Å². The minimum Gasteiger partial charge on any atom is -0.481 e. The second kappa shape index (κ2) is 7.28. The van der Waals surface area contributed by atoms with Crippen LogP contribution in [0.1, 0.15) is 38.5 Å². The van der Waals surface area contributed by atoms with Gasteiger partial charge in [-0.15, -0.1) is 0 Å². The fraction of sp³-hybridized carbons (Fsp3) is 0.786. The molecular weight excluding hydrogens is 274 g/mol. The van der Waals surface area contributed by atoms with Crippen LogP contribution in [0.4, 0.5) is 4.79 Å². The summed E-state index contributed by atoms with van der Waals surface area (Å²) in [6, 6.07) is -0.0623. The molecule has 0 aromatic rings. The molecule has 1 atom stereocenters. The van der Waals surface area contributed by atoms with Gasteiger partial charge in [-0.25, -0.2) is 4.79 Å². The number of rotatable bonds is 4. The van der Waals surface area contributed by atoms with E-state index in [9.17, 15) is 14.4 Å². The Morgan fingerprint density at radius 1 is 1.29 bits per heavy atom. The minimum absolute atomic E-state index is 0.0138. The zero-order chi connectivity index (χ0) is 15.2. The highest BCUT2D eigenvalue weighted by atomic mass is 16.4. The number of likely N-dealkylation sites (tertiary alicyclic amines) is 1. The second-order valence-electron chi connectivity index (χ2n) is 5.85. The maximum absolute atomic E-state index is 12.1. The molecule has 0 radical (unpaired) electrons. The van der Waals surface area contributed by atoms with Crippen molar-refractivity contribution in [2.45, 2.75) is 44.6 Å². The summed E-state index contributed by atoms with van der Waals surface area (Å²) in [5, 5.41) is 14.4. The molecule has 118 valence electrons. The predicted octanol–water partition coefficient (Wildman–Crippen LogP) is 0.551. The van der Waals surface area contributed by atoms with Crippen molar-refractivity contribution in [1.29, 1.82) is 0 Å². The van der Waals surface area contributed by atoms with E-state index in [4.69, 9.17) is 5.11 Å². The van der Waals surface area contributed by atoms with Crippen molar-refractivity contribution in [3.8, 4) is 0 Å². The zero-order valence-electron chi connectivity index (χ0n) is 12.1. The van der Waals surface area contributed by atoms with E-state index in [-0.39, 0.29) is 24.4 Å². The normalized spacial score (nSPS) is 23.5. The van der Waals surface area contributed by atoms with Gasteiger partial charge >= 0.3 is 12.0 Å². The third kappa shape index (κ3) is 4.91. The summed E-state index contributed by atoms with van der Waals surface area (Å²) in [4.78, 5) is 35.5. The van der Waals surface area contributed by atoms with E-state index in [1.54, 1.807) is 4.90 Å². The van der Waals surface area contributed by atoms with Gasteiger partial charge in [-0.2, -0.15) is 0 Å². The molecule has 0 spiro atoms. The Kier molecular flexibility index (Phi) is 5.41. The predicted molar refractivity (Wildman–Crippen MR) is 75.7 cm³/mol. The Hall–Kier alpha value is -1.79. The van der Waals surface area contributed by atoms with Crippen molar-refractivity contribution in [2.24, 2.45) is 5.92 Å². The van der Waals surface area contributed by atoms with Crippen molar-refractivity contribution in [2.75, 3.05) is 19.6 Å². The lowest BCUT2D eigenvalue weighted by atomic mass is 9.92. The smallest absolute Gasteiger partial charge is 0.317 e. The van der Waals surface area contributed by atoms with E-state index in [0.29, 0.717) is 44.8 Å². The van der Waals surface area contributed by atoms with E-state index in [2.05, 4.69) is 10.6 Å². The summed E-state index contributed by atoms with van der Waals surface area (Å²) < 4.78 is 0. The molecule has 0 aliphatic carbocycles. The van der Waals surface area contributed by atoms with Crippen molar-refractivity contribution in [3.63, 3.8) is 0 Å². The van der Waals surface area contributed by atoms with Crippen LogP contribution in [0.15, 0.2) is 0 Å². The molecule has 0 bridgehead atoms. The Labute approximate surface area is 124 Å². The largest absolute Gasteiger partial charge is 0.481 e. The molecule has 7 heteroatoms. The van der Waals surface area contributed by atoms with Crippen LogP contribution in [0.3, 0.4) is 0 Å². The summed E-state index contributed by atoms with van der Waals surface area (Å²) in [6.07, 6.45) is 3.77. The monoisotopic (exact) mass is 297 g/mol. The first-order chi connectivity index (χ1) is 10.0. The summed E-state index contributed by atoms with van der Waals surface area (Å²) in [5.41, 5.74) is 0. The number of hydrogen-bond donors (Lipinski definition) is 3. The van der Waals surface area contributed by atoms with Crippen LogP contribution in [0, 0.1) is 5.92 Å². The minimum atomic E-state index is -0.755. The number of aliphatic carboxylic acids is 1. The maximum Gasteiger partial charge on any atom is 0.317 e. The molecule has 2 heterocycles. The number of hydrogen-bond acceptors (Lipinski definition) is 3. The highest BCUT2D eigenvalue weighted by Gasteiger charge is 2.26. The lowest BCUT2D eigenvalue weighted by Gasteiger charge is -2.33. The molecule has 2 aliphatic heterocycles.